The van der Waals surface area contributed by atoms with E-state index >= 15 is 0 Å². The number of aromatic hydroxyl groups is 1. The lowest BCUT2D eigenvalue weighted by atomic mass is 9.97. The van der Waals surface area contributed by atoms with E-state index in [-0.39, 0.29) is 28.3 Å². The molecule has 6 nitrogen and oxygen atoms in total. The summed E-state index contributed by atoms with van der Waals surface area (Å²) in [5.41, 5.74) is 2.53. The van der Waals surface area contributed by atoms with E-state index in [4.69, 9.17) is 9.15 Å². The molecule has 5 rings (SSSR count). The van der Waals surface area contributed by atoms with Crippen molar-refractivity contribution in [1.82, 2.24) is 0 Å². The fourth-order valence-corrected chi connectivity index (χ4v) is 4.40. The summed E-state index contributed by atoms with van der Waals surface area (Å²) in [7, 11) is 1.45. The number of nitrogens with zero attached hydrogens (tertiary/aromatic N) is 1. The van der Waals surface area contributed by atoms with Gasteiger partial charge >= 0.3 is 0 Å². The Labute approximate surface area is 191 Å². The van der Waals surface area contributed by atoms with Crippen molar-refractivity contribution < 1.29 is 19.1 Å². The highest BCUT2D eigenvalue weighted by Gasteiger charge is 2.43. The Morgan fingerprint density at radius 2 is 1.78 bits per heavy atom. The number of ether oxygens (including phenoxy) is 1. The maximum absolute atomic E-state index is 13.6. The van der Waals surface area contributed by atoms with Crippen LogP contribution < -0.4 is 15.1 Å². The summed E-state index contributed by atoms with van der Waals surface area (Å²) in [5, 5.41) is 10.5. The predicted molar refractivity (Wildman–Crippen MR) is 125 cm³/mol. The van der Waals surface area contributed by atoms with Crippen molar-refractivity contribution in [3.63, 3.8) is 0 Å². The Balaban J connectivity index is 1.82. The molecule has 0 aliphatic carbocycles. The summed E-state index contributed by atoms with van der Waals surface area (Å²) < 4.78 is 12.1. The number of carbonyl (C=O) groups excluding carboxylic acids is 1. The third-order valence-electron chi connectivity index (χ3n) is 5.65. The molecule has 0 spiro atoms. The minimum Gasteiger partial charge on any atom is -0.504 e. The molecule has 160 valence electrons. The predicted octanol–water partition coefficient (Wildman–Crippen LogP) is 5.33. The van der Waals surface area contributed by atoms with Crippen LogP contribution in [0, 0.1) is 6.92 Å². The minimum absolute atomic E-state index is 0.0197. The van der Waals surface area contributed by atoms with Crippen molar-refractivity contribution >= 4 is 38.5 Å². The second kappa shape index (κ2) is 7.53. The van der Waals surface area contributed by atoms with Gasteiger partial charge in [0.05, 0.1) is 24.1 Å². The monoisotopic (exact) mass is 491 g/mol. The summed E-state index contributed by atoms with van der Waals surface area (Å²) in [6, 6.07) is 16.6. The van der Waals surface area contributed by atoms with E-state index < -0.39 is 11.9 Å². The van der Waals surface area contributed by atoms with Gasteiger partial charge in [-0.15, -0.1) is 0 Å². The summed E-state index contributed by atoms with van der Waals surface area (Å²) >= 11 is 3.42. The smallest absolute Gasteiger partial charge is 0.295 e. The van der Waals surface area contributed by atoms with Crippen LogP contribution in [0.4, 0.5) is 5.69 Å². The fraction of sp³-hybridized carbons (Fsp3) is 0.120. The van der Waals surface area contributed by atoms with E-state index in [0.717, 1.165) is 10.0 Å². The normalized spacial score (nSPS) is 15.3. The van der Waals surface area contributed by atoms with Gasteiger partial charge in [0.1, 0.15) is 5.58 Å². The summed E-state index contributed by atoms with van der Waals surface area (Å²) in [5.74, 6) is -0.164. The number of carbonyl (C=O) groups is 1. The first-order chi connectivity index (χ1) is 15.4. The molecule has 0 bridgehead atoms. The number of benzene rings is 3. The third-order valence-corrected chi connectivity index (χ3v) is 6.18. The third kappa shape index (κ3) is 3.08. The van der Waals surface area contributed by atoms with Gasteiger partial charge < -0.3 is 14.3 Å². The first-order valence-electron chi connectivity index (χ1n) is 9.92. The number of phenolic OH excluding ortho intramolecular Hbond substituents is 1. The van der Waals surface area contributed by atoms with Gasteiger partial charge in [-0.2, -0.15) is 0 Å². The molecule has 2 heterocycles. The molecule has 0 saturated carbocycles. The Bertz CT molecular complexity index is 1440. The Kier molecular flexibility index (Phi) is 4.78. The number of anilines is 1. The standard InChI is InChI=1S/C25H18BrNO5/c1-13-3-10-19-17(11-13)23(29)21-22(14-4-9-18(28)20(12-14)31-2)27(25(30)24(21)32-19)16-7-5-15(26)6-8-16/h3-12,22,28H,1-2H3. The highest BCUT2D eigenvalue weighted by Crippen LogP contribution is 2.43. The van der Waals surface area contributed by atoms with Crippen molar-refractivity contribution in [1.29, 1.82) is 0 Å². The number of phenols is 1. The number of amides is 1. The van der Waals surface area contributed by atoms with Crippen molar-refractivity contribution in [2.45, 2.75) is 13.0 Å². The zero-order valence-corrected chi connectivity index (χ0v) is 18.8. The van der Waals surface area contributed by atoms with Crippen molar-refractivity contribution in [2.75, 3.05) is 12.0 Å². The number of hydrogen-bond donors (Lipinski definition) is 1. The van der Waals surface area contributed by atoms with E-state index in [9.17, 15) is 14.7 Å². The Morgan fingerprint density at radius 1 is 1.03 bits per heavy atom. The van der Waals surface area contributed by atoms with Crippen molar-refractivity contribution in [3.8, 4) is 11.5 Å². The van der Waals surface area contributed by atoms with E-state index in [2.05, 4.69) is 15.9 Å². The van der Waals surface area contributed by atoms with Crippen LogP contribution in [0.5, 0.6) is 11.5 Å². The van der Waals surface area contributed by atoms with Gasteiger partial charge in [-0.1, -0.05) is 33.6 Å². The molecule has 0 fully saturated rings. The largest absolute Gasteiger partial charge is 0.504 e. The lowest BCUT2D eigenvalue weighted by Crippen LogP contribution is -2.29. The van der Waals surface area contributed by atoms with Crippen LogP contribution in [0.3, 0.4) is 0 Å². The molecule has 3 aromatic carbocycles. The van der Waals surface area contributed by atoms with Gasteiger partial charge in [-0.3, -0.25) is 14.5 Å². The van der Waals surface area contributed by atoms with Gasteiger partial charge in [0, 0.05) is 10.2 Å². The number of halogens is 1. The molecule has 1 atom stereocenters. The molecule has 7 heteroatoms. The highest BCUT2D eigenvalue weighted by atomic mass is 79.9. The lowest BCUT2D eigenvalue weighted by molar-refractivity contribution is 0.0971. The first kappa shape index (κ1) is 20.3. The summed E-state index contributed by atoms with van der Waals surface area (Å²) in [6.45, 7) is 1.90. The van der Waals surface area contributed by atoms with Gasteiger partial charge in [0.2, 0.25) is 5.76 Å². The molecule has 1 aromatic heterocycles. The Hall–Kier alpha value is -3.58. The van der Waals surface area contributed by atoms with Crippen LogP contribution in [0.1, 0.15) is 33.3 Å². The minimum atomic E-state index is -0.741. The zero-order chi connectivity index (χ0) is 22.6. The molecule has 32 heavy (non-hydrogen) atoms. The van der Waals surface area contributed by atoms with Gasteiger partial charge in [-0.25, -0.2) is 0 Å². The Morgan fingerprint density at radius 3 is 2.50 bits per heavy atom. The molecule has 0 saturated heterocycles. The van der Waals surface area contributed by atoms with E-state index in [1.165, 1.54) is 13.2 Å². The van der Waals surface area contributed by atoms with Crippen LogP contribution in [-0.4, -0.2) is 18.1 Å². The van der Waals surface area contributed by atoms with Crippen LogP contribution in [-0.2, 0) is 0 Å². The summed E-state index contributed by atoms with van der Waals surface area (Å²) in [4.78, 5) is 28.7. The van der Waals surface area contributed by atoms with Crippen LogP contribution in [0.15, 0.2) is 74.3 Å². The van der Waals surface area contributed by atoms with Crippen LogP contribution in [0.25, 0.3) is 11.0 Å². The number of hydrogen-bond acceptors (Lipinski definition) is 5. The zero-order valence-electron chi connectivity index (χ0n) is 17.3. The van der Waals surface area contributed by atoms with E-state index in [1.807, 2.05) is 25.1 Å². The first-order valence-corrected chi connectivity index (χ1v) is 10.7. The molecule has 1 unspecified atom stereocenters. The molecular weight excluding hydrogens is 474 g/mol. The van der Waals surface area contributed by atoms with Crippen molar-refractivity contribution in [3.05, 3.63) is 97.8 Å². The van der Waals surface area contributed by atoms with Crippen LogP contribution >= 0.6 is 15.9 Å². The number of aryl methyl sites for hydroxylation is 1. The molecule has 1 aliphatic heterocycles. The fourth-order valence-electron chi connectivity index (χ4n) is 4.13. The van der Waals surface area contributed by atoms with E-state index in [1.54, 1.807) is 41.3 Å². The maximum Gasteiger partial charge on any atom is 0.295 e. The average molecular weight is 492 g/mol. The van der Waals surface area contributed by atoms with Crippen molar-refractivity contribution in [2.24, 2.45) is 0 Å². The highest BCUT2D eigenvalue weighted by molar-refractivity contribution is 9.10. The molecule has 1 N–H and O–H groups in total. The van der Waals surface area contributed by atoms with Gasteiger partial charge in [0.25, 0.3) is 5.91 Å². The molecule has 1 aliphatic rings. The maximum atomic E-state index is 13.6. The SMILES string of the molecule is COc1cc(C2c3c(oc4ccc(C)cc4c3=O)C(=O)N2c2ccc(Br)cc2)ccc1O. The number of methoxy groups -OCH3 is 1. The lowest BCUT2D eigenvalue weighted by Gasteiger charge is -2.25. The molecule has 4 aromatic rings. The average Bonchev–Trinajstić information content (AvgIpc) is 3.08. The summed E-state index contributed by atoms with van der Waals surface area (Å²) in [6.07, 6.45) is 0. The molecule has 0 radical (unpaired) electrons. The molecular formula is C25H18BrNO5. The number of rotatable bonds is 3. The van der Waals surface area contributed by atoms with Gasteiger partial charge in [0.15, 0.2) is 16.9 Å². The molecule has 1 amide bonds. The quantitative estimate of drug-likeness (QED) is 0.419. The second-order valence-corrected chi connectivity index (χ2v) is 8.57. The topological polar surface area (TPSA) is 80.0 Å². The number of fused-ring (bicyclic) bond motifs is 2. The van der Waals surface area contributed by atoms with Gasteiger partial charge in [-0.05, 0) is 61.0 Å². The second-order valence-electron chi connectivity index (χ2n) is 7.66. The van der Waals surface area contributed by atoms with E-state index in [0.29, 0.717) is 22.2 Å². The van der Waals surface area contributed by atoms with Crippen LogP contribution in [0.2, 0.25) is 0 Å².